The maximum atomic E-state index is 14.8. The fraction of sp³-hybridized carbons (Fsp3) is 0.353. The van der Waals surface area contributed by atoms with Crippen LogP contribution in [0.4, 0.5) is 23.2 Å². The van der Waals surface area contributed by atoms with Gasteiger partial charge in [-0.3, -0.25) is 14.5 Å². The van der Waals surface area contributed by atoms with E-state index in [0.29, 0.717) is 16.4 Å². The van der Waals surface area contributed by atoms with Gasteiger partial charge in [-0.05, 0) is 19.9 Å². The number of anilines is 1. The Hall–Kier alpha value is -3.75. The largest absolute Gasteiger partial charge is 0.467 e. The Morgan fingerprint density at radius 2 is 2.09 bits per heavy atom. The summed E-state index contributed by atoms with van der Waals surface area (Å²) in [6.07, 6.45) is -3.47. The molecule has 0 spiro atoms. The highest BCUT2D eigenvalue weighted by Crippen LogP contribution is 2.25. The molecule has 0 aromatic carbocycles. The number of amides is 1. The number of nitrogens with one attached hydrogen (secondary N) is 2. The Kier molecular flexibility index (Phi) is 6.29. The summed E-state index contributed by atoms with van der Waals surface area (Å²) in [4.78, 5) is 28.7. The molecular weight excluding hydrogens is 442 g/mol. The van der Waals surface area contributed by atoms with Crippen molar-refractivity contribution >= 4 is 11.6 Å². The van der Waals surface area contributed by atoms with Gasteiger partial charge in [0, 0.05) is 12.7 Å². The number of carbonyl (C=O) groups is 1. The first-order valence-electron chi connectivity index (χ1n) is 9.07. The van der Waals surface area contributed by atoms with E-state index in [1.54, 1.807) is 13.8 Å². The van der Waals surface area contributed by atoms with E-state index in [2.05, 4.69) is 30.3 Å². The highest BCUT2D eigenvalue weighted by molar-refractivity contribution is 6.06. The fourth-order valence-electron chi connectivity index (χ4n) is 2.72. The zero-order valence-corrected chi connectivity index (χ0v) is 16.7. The number of halogens is 4. The third kappa shape index (κ3) is 4.61. The predicted octanol–water partition coefficient (Wildman–Crippen LogP) is 1.31. The number of aromatic nitrogens is 6. The molecule has 3 heterocycles. The van der Waals surface area contributed by atoms with Gasteiger partial charge >= 0.3 is 11.9 Å². The highest BCUT2D eigenvalue weighted by atomic mass is 19.4. The Labute approximate surface area is 176 Å². The van der Waals surface area contributed by atoms with E-state index in [0.717, 1.165) is 4.57 Å². The monoisotopic (exact) mass is 459 g/mol. The standard InChI is InChI=1S/C17H17F4N7O4/c1-3-27-12(6-29)26-28(16(27)31)13-10(18)4-9(15(24-13)32-7-17(19,20)21)14(30)23-11-5-22-25-8(11)2/h4-5,29H,3,6-7H2,1-2H3,(H,22,25)(H,23,30). The van der Waals surface area contributed by atoms with Crippen molar-refractivity contribution in [2.24, 2.45) is 0 Å². The minimum absolute atomic E-state index is 0.0817. The van der Waals surface area contributed by atoms with Crippen molar-refractivity contribution in [2.45, 2.75) is 33.2 Å². The molecule has 3 rings (SSSR count). The van der Waals surface area contributed by atoms with Crippen LogP contribution in [0.25, 0.3) is 5.82 Å². The van der Waals surface area contributed by atoms with E-state index >= 15 is 0 Å². The molecule has 0 aliphatic heterocycles. The van der Waals surface area contributed by atoms with Crippen LogP contribution >= 0.6 is 0 Å². The van der Waals surface area contributed by atoms with Crippen LogP contribution in [0.5, 0.6) is 5.88 Å². The van der Waals surface area contributed by atoms with Crippen molar-refractivity contribution in [3.8, 4) is 11.7 Å². The van der Waals surface area contributed by atoms with Crippen LogP contribution in [0.1, 0.15) is 28.8 Å². The highest BCUT2D eigenvalue weighted by Gasteiger charge is 2.31. The molecule has 0 bridgehead atoms. The van der Waals surface area contributed by atoms with Gasteiger partial charge in [0.05, 0.1) is 11.4 Å². The normalized spacial score (nSPS) is 11.6. The maximum Gasteiger partial charge on any atom is 0.422 e. The molecule has 0 saturated heterocycles. The first kappa shape index (κ1) is 22.9. The van der Waals surface area contributed by atoms with Crippen LogP contribution in [0.3, 0.4) is 0 Å². The minimum atomic E-state index is -4.78. The number of rotatable bonds is 7. The Morgan fingerprint density at radius 3 is 2.62 bits per heavy atom. The number of hydrogen-bond acceptors (Lipinski definition) is 7. The number of nitrogens with zero attached hydrogens (tertiary/aromatic N) is 5. The lowest BCUT2D eigenvalue weighted by molar-refractivity contribution is -0.154. The molecule has 3 N–H and O–H groups in total. The summed E-state index contributed by atoms with van der Waals surface area (Å²) in [6.45, 7) is 0.720. The zero-order valence-electron chi connectivity index (χ0n) is 16.7. The quantitative estimate of drug-likeness (QED) is 0.453. The van der Waals surface area contributed by atoms with E-state index in [1.165, 1.54) is 6.20 Å². The molecule has 0 saturated carbocycles. The van der Waals surface area contributed by atoms with E-state index in [4.69, 9.17) is 0 Å². The van der Waals surface area contributed by atoms with Gasteiger partial charge in [-0.15, -0.1) is 5.10 Å². The molecule has 32 heavy (non-hydrogen) atoms. The topological polar surface area (TPSA) is 140 Å². The molecule has 0 radical (unpaired) electrons. The number of ether oxygens (including phenoxy) is 1. The van der Waals surface area contributed by atoms with Crippen LogP contribution in [0.15, 0.2) is 17.1 Å². The van der Waals surface area contributed by atoms with Gasteiger partial charge in [-0.1, -0.05) is 0 Å². The van der Waals surface area contributed by atoms with Crippen molar-refractivity contribution in [3.05, 3.63) is 45.6 Å². The maximum absolute atomic E-state index is 14.8. The molecule has 15 heteroatoms. The van der Waals surface area contributed by atoms with Gasteiger partial charge in [0.25, 0.3) is 5.91 Å². The van der Waals surface area contributed by atoms with E-state index in [1.807, 2.05) is 0 Å². The lowest BCUT2D eigenvalue weighted by atomic mass is 10.2. The van der Waals surface area contributed by atoms with Gasteiger partial charge in [0.2, 0.25) is 5.88 Å². The number of aliphatic hydroxyl groups excluding tert-OH is 1. The van der Waals surface area contributed by atoms with Crippen LogP contribution in [0.2, 0.25) is 0 Å². The van der Waals surface area contributed by atoms with Crippen molar-refractivity contribution < 1.29 is 32.2 Å². The number of pyridine rings is 1. The van der Waals surface area contributed by atoms with Crippen molar-refractivity contribution in [1.29, 1.82) is 0 Å². The number of hydrogen-bond donors (Lipinski definition) is 3. The third-order valence-corrected chi connectivity index (χ3v) is 4.22. The van der Waals surface area contributed by atoms with Crippen molar-refractivity contribution in [2.75, 3.05) is 11.9 Å². The first-order valence-corrected chi connectivity index (χ1v) is 9.07. The number of carbonyl (C=O) groups excluding carboxylic acids is 1. The predicted molar refractivity (Wildman–Crippen MR) is 100 cm³/mol. The summed E-state index contributed by atoms with van der Waals surface area (Å²) in [5, 5.41) is 21.7. The Balaban J connectivity index is 2.10. The molecule has 0 atom stereocenters. The SMILES string of the molecule is CCn1c(CO)nn(-c2nc(OCC(F)(F)F)c(C(=O)Nc3c[nH]nc3C)cc2F)c1=O. The second-order valence-electron chi connectivity index (χ2n) is 6.40. The fourth-order valence-corrected chi connectivity index (χ4v) is 2.72. The molecule has 0 aliphatic rings. The van der Waals surface area contributed by atoms with Crippen molar-refractivity contribution in [1.82, 2.24) is 29.5 Å². The molecule has 172 valence electrons. The molecule has 11 nitrogen and oxygen atoms in total. The second kappa shape index (κ2) is 8.78. The van der Waals surface area contributed by atoms with Gasteiger partial charge in [-0.2, -0.15) is 27.9 Å². The average Bonchev–Trinajstić information content (AvgIpc) is 3.28. The van der Waals surface area contributed by atoms with E-state index in [9.17, 15) is 32.3 Å². The lowest BCUT2D eigenvalue weighted by Crippen LogP contribution is -2.27. The lowest BCUT2D eigenvalue weighted by Gasteiger charge is -2.14. The van der Waals surface area contributed by atoms with Crippen LogP contribution in [0, 0.1) is 12.7 Å². The second-order valence-corrected chi connectivity index (χ2v) is 6.40. The van der Waals surface area contributed by atoms with Crippen molar-refractivity contribution in [3.63, 3.8) is 0 Å². The zero-order chi connectivity index (χ0) is 23.6. The van der Waals surface area contributed by atoms with Gasteiger partial charge in [0.1, 0.15) is 12.2 Å². The summed E-state index contributed by atoms with van der Waals surface area (Å²) in [7, 11) is 0. The van der Waals surface area contributed by atoms with Crippen LogP contribution < -0.4 is 15.7 Å². The Bertz CT molecular complexity index is 1200. The van der Waals surface area contributed by atoms with E-state index in [-0.39, 0.29) is 18.1 Å². The first-order chi connectivity index (χ1) is 15.1. The van der Waals surface area contributed by atoms with Crippen LogP contribution in [-0.2, 0) is 13.2 Å². The van der Waals surface area contributed by atoms with Gasteiger partial charge in [0.15, 0.2) is 24.1 Å². The summed E-state index contributed by atoms with van der Waals surface area (Å²) in [6, 6.07) is 0.578. The molecule has 1 amide bonds. The molecule has 0 fully saturated rings. The molecule has 3 aromatic heterocycles. The molecule has 3 aromatic rings. The summed E-state index contributed by atoms with van der Waals surface area (Å²) < 4.78 is 59.1. The number of aryl methyl sites for hydroxylation is 1. The molecular formula is C17H17F4N7O4. The van der Waals surface area contributed by atoms with Gasteiger partial charge in [-0.25, -0.2) is 9.18 Å². The average molecular weight is 459 g/mol. The van der Waals surface area contributed by atoms with E-state index < -0.39 is 54.1 Å². The smallest absolute Gasteiger partial charge is 0.422 e. The third-order valence-electron chi connectivity index (χ3n) is 4.22. The summed E-state index contributed by atoms with van der Waals surface area (Å²) >= 11 is 0. The number of aromatic amines is 1. The number of alkyl halides is 3. The Morgan fingerprint density at radius 1 is 1.38 bits per heavy atom. The summed E-state index contributed by atoms with van der Waals surface area (Å²) in [5.74, 6) is -4.04. The van der Waals surface area contributed by atoms with Crippen LogP contribution in [-0.4, -0.2) is 53.3 Å². The molecule has 0 aliphatic carbocycles. The molecule has 0 unspecified atom stereocenters. The number of aliphatic hydroxyl groups is 1. The summed E-state index contributed by atoms with van der Waals surface area (Å²) in [5.41, 5.74) is -0.974. The van der Waals surface area contributed by atoms with Gasteiger partial charge < -0.3 is 15.2 Å². The number of H-pyrrole nitrogens is 1. The minimum Gasteiger partial charge on any atom is -0.467 e.